The second-order valence-electron chi connectivity index (χ2n) is 5.17. The van der Waals surface area contributed by atoms with Crippen LogP contribution in [0.5, 0.6) is 5.75 Å². The van der Waals surface area contributed by atoms with E-state index in [1.807, 2.05) is 37.3 Å². The molecule has 2 N–H and O–H groups in total. The van der Waals surface area contributed by atoms with Gasteiger partial charge in [0.1, 0.15) is 5.75 Å². The van der Waals surface area contributed by atoms with Crippen molar-refractivity contribution in [2.45, 2.75) is 36.0 Å². The Balaban J connectivity index is 1.83. The molecule has 104 valence electrons. The number of nitrogens with one attached hydrogen (secondary N) is 1. The Hall–Kier alpha value is -1.68. The summed E-state index contributed by atoms with van der Waals surface area (Å²) < 4.78 is 0. The van der Waals surface area contributed by atoms with Gasteiger partial charge in [0.2, 0.25) is 5.91 Å². The predicted molar refractivity (Wildman–Crippen MR) is 82.1 cm³/mol. The maximum Gasteiger partial charge on any atom is 0.233 e. The minimum atomic E-state index is -0.136. The van der Waals surface area contributed by atoms with Crippen LogP contribution in [0.25, 0.3) is 10.8 Å². The Morgan fingerprint density at radius 2 is 1.95 bits per heavy atom. The van der Waals surface area contributed by atoms with E-state index in [0.29, 0.717) is 6.04 Å². The molecule has 1 atom stereocenters. The summed E-state index contributed by atoms with van der Waals surface area (Å²) in [5.41, 5.74) is 0. The van der Waals surface area contributed by atoms with Crippen LogP contribution >= 0.6 is 11.8 Å². The molecule has 0 aliphatic heterocycles. The summed E-state index contributed by atoms with van der Waals surface area (Å²) in [5.74, 6) is 0.370. The van der Waals surface area contributed by atoms with Crippen LogP contribution in [0.15, 0.2) is 41.3 Å². The van der Waals surface area contributed by atoms with E-state index in [-0.39, 0.29) is 16.9 Å². The van der Waals surface area contributed by atoms with Crippen molar-refractivity contribution < 1.29 is 9.90 Å². The lowest BCUT2D eigenvalue weighted by molar-refractivity contribution is -0.120. The maximum absolute atomic E-state index is 12.0. The highest BCUT2D eigenvalue weighted by atomic mass is 32.2. The van der Waals surface area contributed by atoms with E-state index in [2.05, 4.69) is 5.32 Å². The van der Waals surface area contributed by atoms with E-state index in [0.717, 1.165) is 28.5 Å². The molecular formula is C16H17NO2S. The zero-order chi connectivity index (χ0) is 14.1. The fraction of sp³-hybridized carbons (Fsp3) is 0.312. The molecule has 0 bridgehead atoms. The van der Waals surface area contributed by atoms with E-state index < -0.39 is 0 Å². The summed E-state index contributed by atoms with van der Waals surface area (Å²) in [7, 11) is 0. The van der Waals surface area contributed by atoms with Gasteiger partial charge < -0.3 is 10.4 Å². The second kappa shape index (κ2) is 5.37. The van der Waals surface area contributed by atoms with Crippen molar-refractivity contribution in [3.05, 3.63) is 36.4 Å². The number of amides is 1. The van der Waals surface area contributed by atoms with E-state index in [9.17, 15) is 9.90 Å². The number of hydrogen-bond donors (Lipinski definition) is 2. The van der Waals surface area contributed by atoms with Crippen LogP contribution in [-0.2, 0) is 4.79 Å². The number of benzene rings is 2. The lowest BCUT2D eigenvalue weighted by Crippen LogP contribution is -2.32. The normalized spacial score (nSPS) is 16.1. The number of carbonyl (C=O) groups excluding carboxylic acids is 1. The fourth-order valence-electron chi connectivity index (χ4n) is 2.15. The molecule has 1 fully saturated rings. The van der Waals surface area contributed by atoms with Gasteiger partial charge >= 0.3 is 0 Å². The van der Waals surface area contributed by atoms with Gasteiger partial charge in [0.05, 0.1) is 5.25 Å². The van der Waals surface area contributed by atoms with Crippen LogP contribution in [0.2, 0.25) is 0 Å². The minimum Gasteiger partial charge on any atom is -0.507 e. The van der Waals surface area contributed by atoms with Gasteiger partial charge in [0.15, 0.2) is 0 Å². The SMILES string of the molecule is CC(Sc1ccc(O)c2ccccc12)C(=O)NC1CC1. The summed E-state index contributed by atoms with van der Waals surface area (Å²) in [5, 5.41) is 14.6. The smallest absolute Gasteiger partial charge is 0.233 e. The van der Waals surface area contributed by atoms with Crippen molar-refractivity contribution in [3.8, 4) is 5.75 Å². The highest BCUT2D eigenvalue weighted by Crippen LogP contribution is 2.35. The molecule has 0 heterocycles. The molecule has 1 aliphatic rings. The molecule has 4 heteroatoms. The van der Waals surface area contributed by atoms with Crippen molar-refractivity contribution in [1.82, 2.24) is 5.32 Å². The van der Waals surface area contributed by atoms with E-state index in [1.54, 1.807) is 6.07 Å². The monoisotopic (exact) mass is 287 g/mol. The molecular weight excluding hydrogens is 270 g/mol. The van der Waals surface area contributed by atoms with Crippen molar-refractivity contribution in [2.75, 3.05) is 0 Å². The van der Waals surface area contributed by atoms with Gasteiger partial charge in [-0.15, -0.1) is 11.8 Å². The van der Waals surface area contributed by atoms with Gasteiger partial charge in [0.25, 0.3) is 0 Å². The Morgan fingerprint density at radius 3 is 2.65 bits per heavy atom. The summed E-state index contributed by atoms with van der Waals surface area (Å²) in [4.78, 5) is 13.0. The third-order valence-corrected chi connectivity index (χ3v) is 4.64. The number of phenolic OH excluding ortho intramolecular Hbond substituents is 1. The van der Waals surface area contributed by atoms with Gasteiger partial charge in [-0.2, -0.15) is 0 Å². The van der Waals surface area contributed by atoms with Crippen molar-refractivity contribution in [3.63, 3.8) is 0 Å². The van der Waals surface area contributed by atoms with Crippen LogP contribution in [0.1, 0.15) is 19.8 Å². The zero-order valence-corrected chi connectivity index (χ0v) is 12.1. The molecule has 20 heavy (non-hydrogen) atoms. The summed E-state index contributed by atoms with van der Waals surface area (Å²) >= 11 is 1.54. The van der Waals surface area contributed by atoms with Crippen molar-refractivity contribution in [2.24, 2.45) is 0 Å². The molecule has 0 spiro atoms. The number of hydrogen-bond acceptors (Lipinski definition) is 3. The van der Waals surface area contributed by atoms with Crippen LogP contribution in [-0.4, -0.2) is 22.3 Å². The van der Waals surface area contributed by atoms with Gasteiger partial charge in [-0.25, -0.2) is 0 Å². The Kier molecular flexibility index (Phi) is 3.57. The summed E-state index contributed by atoms with van der Waals surface area (Å²) in [6.07, 6.45) is 2.20. The third kappa shape index (κ3) is 2.75. The molecule has 0 aromatic heterocycles. The fourth-order valence-corrected chi connectivity index (χ4v) is 3.16. The van der Waals surface area contributed by atoms with E-state index >= 15 is 0 Å². The highest BCUT2D eigenvalue weighted by molar-refractivity contribution is 8.00. The Bertz CT molecular complexity index is 652. The van der Waals surface area contributed by atoms with Crippen LogP contribution in [0, 0.1) is 0 Å². The number of rotatable bonds is 4. The third-order valence-electron chi connectivity index (χ3n) is 3.46. The standard InChI is InChI=1S/C16H17NO2S/c1-10(16(19)17-11-6-7-11)20-15-9-8-14(18)12-4-2-3-5-13(12)15/h2-5,8-11,18H,6-7H2,1H3,(H,17,19). The Morgan fingerprint density at radius 1 is 1.25 bits per heavy atom. The molecule has 1 unspecified atom stereocenters. The van der Waals surface area contributed by atoms with E-state index in [4.69, 9.17) is 0 Å². The molecule has 2 aromatic carbocycles. The molecule has 2 aromatic rings. The number of fused-ring (bicyclic) bond motifs is 1. The van der Waals surface area contributed by atoms with E-state index in [1.165, 1.54) is 11.8 Å². The van der Waals surface area contributed by atoms with Crippen molar-refractivity contribution in [1.29, 1.82) is 0 Å². The topological polar surface area (TPSA) is 49.3 Å². The molecule has 1 saturated carbocycles. The molecule has 0 radical (unpaired) electrons. The average Bonchev–Trinajstić information content (AvgIpc) is 3.26. The van der Waals surface area contributed by atoms with Crippen molar-refractivity contribution >= 4 is 28.4 Å². The lowest BCUT2D eigenvalue weighted by Gasteiger charge is -2.13. The predicted octanol–water partition coefficient (Wildman–Crippen LogP) is 3.30. The first-order valence-electron chi connectivity index (χ1n) is 6.83. The van der Waals surface area contributed by atoms with Gasteiger partial charge in [-0.05, 0) is 37.3 Å². The number of phenols is 1. The maximum atomic E-state index is 12.0. The van der Waals surface area contributed by atoms with Gasteiger partial charge in [-0.3, -0.25) is 4.79 Å². The first-order chi connectivity index (χ1) is 9.65. The lowest BCUT2D eigenvalue weighted by atomic mass is 10.1. The van der Waals surface area contributed by atoms with Crippen LogP contribution in [0.4, 0.5) is 0 Å². The zero-order valence-electron chi connectivity index (χ0n) is 11.3. The summed E-state index contributed by atoms with van der Waals surface area (Å²) in [6.45, 7) is 1.92. The molecule has 3 rings (SSSR count). The van der Waals surface area contributed by atoms with Crippen LogP contribution in [0.3, 0.4) is 0 Å². The quantitative estimate of drug-likeness (QED) is 0.848. The van der Waals surface area contributed by atoms with Gasteiger partial charge in [0, 0.05) is 16.3 Å². The largest absolute Gasteiger partial charge is 0.507 e. The summed E-state index contributed by atoms with van der Waals surface area (Å²) in [6, 6.07) is 11.7. The molecule has 1 amide bonds. The second-order valence-corrected chi connectivity index (χ2v) is 6.55. The minimum absolute atomic E-state index is 0.0923. The average molecular weight is 287 g/mol. The van der Waals surface area contributed by atoms with Gasteiger partial charge in [-0.1, -0.05) is 24.3 Å². The first kappa shape index (κ1) is 13.3. The first-order valence-corrected chi connectivity index (χ1v) is 7.71. The molecule has 3 nitrogen and oxygen atoms in total. The Labute approximate surface area is 122 Å². The molecule has 0 saturated heterocycles. The number of carbonyl (C=O) groups is 1. The number of aromatic hydroxyl groups is 1. The highest BCUT2D eigenvalue weighted by Gasteiger charge is 2.26. The number of thioether (sulfide) groups is 1. The van der Waals surface area contributed by atoms with Crippen LogP contribution < -0.4 is 5.32 Å². The molecule has 1 aliphatic carbocycles.